The van der Waals surface area contributed by atoms with Crippen molar-refractivity contribution in [2.24, 2.45) is 28.6 Å². The number of carbonyl (C=O) groups excluding carboxylic acids is 3. The maximum atomic E-state index is 14.9. The van der Waals surface area contributed by atoms with Gasteiger partial charge in [-0.1, -0.05) is 33.8 Å². The smallest absolute Gasteiger partial charge is 0.306 e. The second-order valence-electron chi connectivity index (χ2n) is 11.0. The van der Waals surface area contributed by atoms with Gasteiger partial charge < -0.3 is 9.84 Å². The number of rotatable bonds is 5. The normalized spacial score (nSPS) is 45.5. The molecular formula is C26H33ClF2O5. The Morgan fingerprint density at radius 1 is 1.29 bits per heavy atom. The van der Waals surface area contributed by atoms with E-state index < -0.39 is 63.4 Å². The van der Waals surface area contributed by atoms with Crippen LogP contribution in [-0.4, -0.2) is 45.9 Å². The molecule has 0 aliphatic heterocycles. The molecule has 4 aliphatic rings. The van der Waals surface area contributed by atoms with Gasteiger partial charge in [-0.05, 0) is 55.6 Å². The van der Waals surface area contributed by atoms with E-state index in [9.17, 15) is 28.3 Å². The van der Waals surface area contributed by atoms with E-state index in [0.29, 0.717) is 24.8 Å². The fraction of sp³-hybridized carbons (Fsp3) is 0.731. The molecule has 8 heteroatoms. The van der Waals surface area contributed by atoms with Gasteiger partial charge in [0.1, 0.15) is 0 Å². The van der Waals surface area contributed by atoms with Crippen molar-refractivity contribution in [2.45, 2.75) is 82.8 Å². The first-order valence-electron chi connectivity index (χ1n) is 12.2. The van der Waals surface area contributed by atoms with Crippen molar-refractivity contribution in [1.82, 2.24) is 0 Å². The van der Waals surface area contributed by atoms with Gasteiger partial charge in [0.05, 0.1) is 11.0 Å². The van der Waals surface area contributed by atoms with Crippen LogP contribution in [0.4, 0.5) is 8.78 Å². The van der Waals surface area contributed by atoms with E-state index in [4.69, 9.17) is 16.3 Å². The molecule has 0 radical (unpaired) electrons. The van der Waals surface area contributed by atoms with Crippen LogP contribution in [-0.2, 0) is 19.1 Å². The predicted molar refractivity (Wildman–Crippen MR) is 122 cm³/mol. The molecule has 188 valence electrons. The van der Waals surface area contributed by atoms with Crippen LogP contribution in [0.5, 0.6) is 0 Å². The summed E-state index contributed by atoms with van der Waals surface area (Å²) in [4.78, 5) is 36.5. The topological polar surface area (TPSA) is 80.7 Å². The number of carbonyl (C=O) groups is 3. The molecule has 0 amide bonds. The number of hydrogen-bond donors (Lipinski definition) is 1. The van der Waals surface area contributed by atoms with Gasteiger partial charge in [0, 0.05) is 23.2 Å². The van der Waals surface area contributed by atoms with Crippen LogP contribution in [0.15, 0.2) is 23.6 Å². The lowest BCUT2D eigenvalue weighted by Crippen LogP contribution is -2.69. The van der Waals surface area contributed by atoms with Crippen molar-refractivity contribution >= 4 is 29.1 Å². The highest BCUT2D eigenvalue weighted by Crippen LogP contribution is 2.72. The van der Waals surface area contributed by atoms with Crippen molar-refractivity contribution in [1.29, 1.82) is 0 Å². The molecule has 5 nitrogen and oxygen atoms in total. The lowest BCUT2D eigenvalue weighted by Gasteiger charge is -2.64. The summed E-state index contributed by atoms with van der Waals surface area (Å²) in [6, 6.07) is 0. The van der Waals surface area contributed by atoms with Crippen molar-refractivity contribution in [3.63, 3.8) is 0 Å². The van der Waals surface area contributed by atoms with Crippen LogP contribution >= 0.6 is 11.6 Å². The molecule has 0 aromatic carbocycles. The van der Waals surface area contributed by atoms with E-state index in [1.807, 2.05) is 6.92 Å². The number of Topliss-reactive ketones (excluding diaryl/α,β-unsaturated/α-hetero) is 1. The fourth-order valence-electron chi connectivity index (χ4n) is 8.01. The highest BCUT2D eigenvalue weighted by Gasteiger charge is 2.76. The molecule has 1 N–H and O–H groups in total. The summed E-state index contributed by atoms with van der Waals surface area (Å²) in [6.07, 6.45) is 3.30. The molecule has 0 bridgehead atoms. The number of allylic oxidation sites excluding steroid dienone is 4. The molecule has 8 atom stereocenters. The summed E-state index contributed by atoms with van der Waals surface area (Å²) >= 11 is 7.31. The van der Waals surface area contributed by atoms with E-state index in [1.165, 1.54) is 6.08 Å². The molecule has 0 spiro atoms. The molecule has 0 saturated heterocycles. The highest BCUT2D eigenvalue weighted by molar-refractivity contribution is 6.26. The Kier molecular flexibility index (Phi) is 6.17. The second kappa shape index (κ2) is 8.22. The number of aliphatic hydroxyl groups excluding tert-OH is 1. The number of aliphatic hydroxyl groups is 1. The van der Waals surface area contributed by atoms with Crippen molar-refractivity contribution in [3.05, 3.63) is 23.6 Å². The van der Waals surface area contributed by atoms with Crippen LogP contribution in [0, 0.1) is 28.6 Å². The molecular weight excluding hydrogens is 466 g/mol. The third kappa shape index (κ3) is 2.95. The van der Waals surface area contributed by atoms with Gasteiger partial charge in [0.15, 0.2) is 18.1 Å². The van der Waals surface area contributed by atoms with E-state index >= 15 is 0 Å². The summed E-state index contributed by atoms with van der Waals surface area (Å²) in [7, 11) is 0. The van der Waals surface area contributed by atoms with Crippen LogP contribution in [0.3, 0.4) is 0 Å². The van der Waals surface area contributed by atoms with Gasteiger partial charge in [-0.15, -0.1) is 11.6 Å². The van der Waals surface area contributed by atoms with E-state index in [0.717, 1.165) is 0 Å². The minimum Gasteiger partial charge on any atom is -0.450 e. The number of halogens is 3. The molecule has 34 heavy (non-hydrogen) atoms. The Morgan fingerprint density at radius 2 is 1.97 bits per heavy atom. The Balaban J connectivity index is 1.85. The Hall–Kier alpha value is -1.60. The number of hydrogen-bond acceptors (Lipinski definition) is 5. The second-order valence-corrected chi connectivity index (χ2v) is 11.6. The van der Waals surface area contributed by atoms with E-state index in [-0.39, 0.29) is 31.1 Å². The Labute approximate surface area is 203 Å². The van der Waals surface area contributed by atoms with E-state index in [1.54, 1.807) is 26.8 Å². The monoisotopic (exact) mass is 498 g/mol. The van der Waals surface area contributed by atoms with Gasteiger partial charge in [0.2, 0.25) is 11.6 Å². The van der Waals surface area contributed by atoms with E-state index in [2.05, 4.69) is 0 Å². The minimum absolute atomic E-state index is 0.0145. The molecule has 1 unspecified atom stereocenters. The van der Waals surface area contributed by atoms with Crippen LogP contribution in [0.2, 0.25) is 0 Å². The maximum absolute atomic E-state index is 14.9. The summed E-state index contributed by atoms with van der Waals surface area (Å²) in [5.74, 6) is -4.01. The first-order chi connectivity index (χ1) is 15.8. The van der Waals surface area contributed by atoms with Crippen molar-refractivity contribution in [2.75, 3.05) is 6.67 Å². The van der Waals surface area contributed by atoms with Crippen molar-refractivity contribution in [3.8, 4) is 0 Å². The van der Waals surface area contributed by atoms with Gasteiger partial charge in [-0.25, -0.2) is 8.78 Å². The third-order valence-electron chi connectivity index (χ3n) is 9.54. The number of alkyl halides is 2. The zero-order valence-electron chi connectivity index (χ0n) is 20.1. The first kappa shape index (κ1) is 25.5. The lowest BCUT2D eigenvalue weighted by atomic mass is 9.45. The summed E-state index contributed by atoms with van der Waals surface area (Å²) < 4.78 is 34.8. The molecule has 0 heterocycles. The van der Waals surface area contributed by atoms with Crippen LogP contribution in [0.25, 0.3) is 0 Å². The highest BCUT2D eigenvalue weighted by atomic mass is 35.5. The molecule has 3 fully saturated rings. The van der Waals surface area contributed by atoms with Crippen LogP contribution < -0.4 is 0 Å². The third-order valence-corrected chi connectivity index (χ3v) is 10.5. The summed E-state index contributed by atoms with van der Waals surface area (Å²) in [6.45, 7) is 5.86. The summed E-state index contributed by atoms with van der Waals surface area (Å²) in [5, 5.41) is 11.6. The molecule has 4 aliphatic carbocycles. The van der Waals surface area contributed by atoms with Gasteiger partial charge in [-0.2, -0.15) is 0 Å². The van der Waals surface area contributed by atoms with Crippen LogP contribution in [0.1, 0.15) is 66.2 Å². The quantitative estimate of drug-likeness (QED) is 0.435. The number of ketones is 2. The maximum Gasteiger partial charge on any atom is 0.306 e. The largest absolute Gasteiger partial charge is 0.450 e. The van der Waals surface area contributed by atoms with Crippen molar-refractivity contribution < 1.29 is 33.0 Å². The first-order valence-corrected chi connectivity index (χ1v) is 12.5. The number of ether oxygens (including phenoxy) is 1. The zero-order chi connectivity index (χ0) is 25.3. The average molecular weight is 499 g/mol. The van der Waals surface area contributed by atoms with Gasteiger partial charge >= 0.3 is 5.97 Å². The molecule has 3 saturated carbocycles. The molecule has 4 rings (SSSR count). The van der Waals surface area contributed by atoms with Gasteiger partial charge in [-0.3, -0.25) is 14.4 Å². The predicted octanol–water partition coefficient (Wildman–Crippen LogP) is 4.79. The zero-order valence-corrected chi connectivity index (χ0v) is 20.9. The minimum atomic E-state index is -1.71. The molecule has 0 aromatic heterocycles. The Morgan fingerprint density at radius 3 is 2.59 bits per heavy atom. The van der Waals surface area contributed by atoms with Gasteiger partial charge in [0.25, 0.3) is 0 Å². The number of esters is 1. The standard InChI is InChI=1S/C26H33ClF2O5/c1-5-6-21(33)34-26(20(32)13-28)14(2)11-17-15-7-8-16-22(29)18(30)9-10-23(16,3)25(15,27)19(31)12-24(17,26)4/h9-10,14-15,17,19,31H,5-8,11-13H2,1-4H3/t14?,15-,17-,19-,23-,24-,25-,26-/m0/s1. The lowest BCUT2D eigenvalue weighted by molar-refractivity contribution is -0.202. The fourth-order valence-corrected chi connectivity index (χ4v) is 8.53. The SMILES string of the molecule is CCCC(=O)O[C@]1(C(=O)CF)C(C)C[C@H]2[C@@H]3CCC4=C(F)C(=O)C=C[C@]4(C)[C@@]3(Cl)[C@@H](O)C[C@@]21C. The average Bonchev–Trinajstić information content (AvgIpc) is 2.99. The number of fused-ring (bicyclic) bond motifs is 5. The molecule has 0 aromatic rings. The summed E-state index contributed by atoms with van der Waals surface area (Å²) in [5.41, 5.74) is -3.57. The Bertz CT molecular complexity index is 994.